The summed E-state index contributed by atoms with van der Waals surface area (Å²) >= 11 is 1.46. The summed E-state index contributed by atoms with van der Waals surface area (Å²) in [7, 11) is 0. The number of hydrogen-bond acceptors (Lipinski definition) is 7. The summed E-state index contributed by atoms with van der Waals surface area (Å²) in [5.41, 5.74) is 2.08. The first-order valence-electron chi connectivity index (χ1n) is 11.4. The number of nitrogens with zero attached hydrogens (tertiary/aromatic N) is 5. The van der Waals surface area contributed by atoms with Crippen molar-refractivity contribution < 1.29 is 14.3 Å². The third-order valence-corrected chi connectivity index (χ3v) is 6.90. The van der Waals surface area contributed by atoms with Crippen LogP contribution in [0, 0.1) is 0 Å². The summed E-state index contributed by atoms with van der Waals surface area (Å²) in [5.74, 6) is 2.80. The van der Waals surface area contributed by atoms with E-state index in [2.05, 4.69) is 32.7 Å². The van der Waals surface area contributed by atoms with E-state index in [1.165, 1.54) is 11.8 Å². The van der Waals surface area contributed by atoms with Gasteiger partial charge in [-0.2, -0.15) is 0 Å². The van der Waals surface area contributed by atoms with E-state index in [0.717, 1.165) is 66.0 Å². The maximum Gasteiger partial charge on any atom is 0.233 e. The van der Waals surface area contributed by atoms with Crippen molar-refractivity contribution in [2.24, 2.45) is 0 Å². The first-order valence-corrected chi connectivity index (χ1v) is 12.4. The van der Waals surface area contributed by atoms with Crippen LogP contribution in [0.3, 0.4) is 0 Å². The molecule has 0 N–H and O–H groups in total. The Labute approximate surface area is 197 Å². The van der Waals surface area contributed by atoms with Crippen molar-refractivity contribution in [2.75, 3.05) is 25.5 Å². The molecule has 2 aromatic heterocycles. The van der Waals surface area contributed by atoms with E-state index in [0.29, 0.717) is 19.0 Å². The van der Waals surface area contributed by atoms with Crippen LogP contribution in [0.2, 0.25) is 0 Å². The summed E-state index contributed by atoms with van der Waals surface area (Å²) in [6.45, 7) is 4.81. The fourth-order valence-corrected chi connectivity index (χ4v) is 5.27. The number of thioether (sulfide) groups is 1. The van der Waals surface area contributed by atoms with E-state index in [-0.39, 0.29) is 11.9 Å². The molecule has 33 heavy (non-hydrogen) atoms. The van der Waals surface area contributed by atoms with Crippen molar-refractivity contribution >= 4 is 17.7 Å². The normalized spacial score (nSPS) is 17.4. The van der Waals surface area contributed by atoms with Gasteiger partial charge in [-0.15, -0.1) is 10.2 Å². The molecule has 1 unspecified atom stereocenters. The smallest absolute Gasteiger partial charge is 0.233 e. The minimum atomic E-state index is 0.0646. The second-order valence-corrected chi connectivity index (χ2v) is 9.07. The number of aromatic nitrogens is 4. The molecule has 1 atom stereocenters. The molecule has 8 nitrogen and oxygen atoms in total. The van der Waals surface area contributed by atoms with Gasteiger partial charge in [0.05, 0.1) is 11.8 Å². The average molecular weight is 466 g/mol. The first kappa shape index (κ1) is 21.8. The van der Waals surface area contributed by atoms with Crippen molar-refractivity contribution in [3.8, 4) is 22.9 Å². The van der Waals surface area contributed by atoms with Gasteiger partial charge in [-0.1, -0.05) is 24.8 Å². The van der Waals surface area contributed by atoms with Gasteiger partial charge < -0.3 is 18.9 Å². The molecule has 1 amide bonds. The summed E-state index contributed by atoms with van der Waals surface area (Å²) in [6.07, 6.45) is 6.40. The van der Waals surface area contributed by atoms with Crippen LogP contribution in [0.1, 0.15) is 37.8 Å². The van der Waals surface area contributed by atoms with Crippen molar-refractivity contribution in [3.63, 3.8) is 0 Å². The number of rotatable bonds is 7. The van der Waals surface area contributed by atoms with Crippen molar-refractivity contribution in [3.05, 3.63) is 48.3 Å². The van der Waals surface area contributed by atoms with Gasteiger partial charge in [-0.25, -0.2) is 0 Å². The predicted molar refractivity (Wildman–Crippen MR) is 125 cm³/mol. The lowest BCUT2D eigenvalue weighted by Gasteiger charge is -2.26. The van der Waals surface area contributed by atoms with Crippen LogP contribution in [0.4, 0.5) is 0 Å². The fraction of sp³-hybridized carbons (Fsp3) is 0.417. The largest absolute Gasteiger partial charge is 0.486 e. The lowest BCUT2D eigenvalue weighted by molar-refractivity contribution is -0.129. The van der Waals surface area contributed by atoms with Gasteiger partial charge in [-0.3, -0.25) is 9.78 Å². The lowest BCUT2D eigenvalue weighted by atomic mass is 10.0. The molecule has 5 rings (SSSR count). The third kappa shape index (κ3) is 4.55. The molecule has 3 aromatic rings. The Bertz CT molecular complexity index is 1120. The molecule has 1 fully saturated rings. The highest BCUT2D eigenvalue weighted by molar-refractivity contribution is 7.99. The van der Waals surface area contributed by atoms with Crippen LogP contribution in [0.5, 0.6) is 11.5 Å². The molecule has 0 saturated carbocycles. The zero-order valence-electron chi connectivity index (χ0n) is 18.6. The van der Waals surface area contributed by atoms with Crippen molar-refractivity contribution in [1.82, 2.24) is 24.6 Å². The van der Waals surface area contributed by atoms with Gasteiger partial charge in [0, 0.05) is 31.0 Å². The molecule has 2 aliphatic rings. The number of ether oxygens (including phenoxy) is 2. The van der Waals surface area contributed by atoms with Crippen LogP contribution in [0.25, 0.3) is 11.4 Å². The van der Waals surface area contributed by atoms with Gasteiger partial charge >= 0.3 is 0 Å². The monoisotopic (exact) mass is 465 g/mol. The Morgan fingerprint density at radius 3 is 2.76 bits per heavy atom. The van der Waals surface area contributed by atoms with Gasteiger partial charge in [0.25, 0.3) is 0 Å². The topological polar surface area (TPSA) is 82.4 Å². The van der Waals surface area contributed by atoms with Crippen LogP contribution >= 0.6 is 11.8 Å². The standard InChI is InChI=1S/C24H27N5O3S/c1-2-11-29-23(17-7-9-25-10-8-17)26-27-24(29)33-16-22(30)28-12-3-4-19(28)18-5-6-20-21(15-18)32-14-13-31-20/h5-10,15,19H,2-4,11-14,16H2,1H3. The molecule has 1 saturated heterocycles. The Morgan fingerprint density at radius 1 is 1.12 bits per heavy atom. The number of fused-ring (bicyclic) bond motifs is 1. The zero-order chi connectivity index (χ0) is 22.6. The second kappa shape index (κ2) is 9.82. The SMILES string of the molecule is CCCn1c(SCC(=O)N2CCCC2c2ccc3c(c2)OCCO3)nnc1-c1ccncc1. The quantitative estimate of drug-likeness (QED) is 0.488. The molecular weight excluding hydrogens is 438 g/mol. The molecule has 0 spiro atoms. The Morgan fingerprint density at radius 2 is 1.94 bits per heavy atom. The van der Waals surface area contributed by atoms with E-state index in [1.54, 1.807) is 12.4 Å². The molecular formula is C24H27N5O3S. The minimum absolute atomic E-state index is 0.0646. The molecule has 172 valence electrons. The molecule has 0 radical (unpaired) electrons. The highest BCUT2D eigenvalue weighted by Crippen LogP contribution is 2.38. The Kier molecular flexibility index (Phi) is 6.48. The Balaban J connectivity index is 1.29. The number of carbonyl (C=O) groups is 1. The minimum Gasteiger partial charge on any atom is -0.486 e. The molecule has 0 bridgehead atoms. The summed E-state index contributed by atoms with van der Waals surface area (Å²) in [4.78, 5) is 19.3. The maximum absolute atomic E-state index is 13.2. The van der Waals surface area contributed by atoms with Gasteiger partial charge in [-0.05, 0) is 49.1 Å². The average Bonchev–Trinajstić information content (AvgIpc) is 3.51. The van der Waals surface area contributed by atoms with Gasteiger partial charge in [0.15, 0.2) is 22.5 Å². The Hall–Kier alpha value is -3.07. The number of carbonyl (C=O) groups excluding carboxylic acids is 1. The maximum atomic E-state index is 13.2. The van der Waals surface area contributed by atoms with E-state index in [1.807, 2.05) is 29.2 Å². The van der Waals surface area contributed by atoms with Crippen LogP contribution in [-0.4, -0.2) is 56.1 Å². The van der Waals surface area contributed by atoms with Crippen molar-refractivity contribution in [2.45, 2.75) is 43.9 Å². The molecule has 0 aliphatic carbocycles. The number of amides is 1. The van der Waals surface area contributed by atoms with E-state index in [4.69, 9.17) is 9.47 Å². The van der Waals surface area contributed by atoms with Gasteiger partial charge in [0.2, 0.25) is 5.91 Å². The summed E-state index contributed by atoms with van der Waals surface area (Å²) in [6, 6.07) is 9.95. The summed E-state index contributed by atoms with van der Waals surface area (Å²) < 4.78 is 13.5. The van der Waals surface area contributed by atoms with Crippen LogP contribution < -0.4 is 9.47 Å². The molecule has 1 aromatic carbocycles. The highest BCUT2D eigenvalue weighted by Gasteiger charge is 2.31. The zero-order valence-corrected chi connectivity index (χ0v) is 19.5. The first-order chi connectivity index (χ1) is 16.2. The van der Waals surface area contributed by atoms with E-state index in [9.17, 15) is 4.79 Å². The van der Waals surface area contributed by atoms with Gasteiger partial charge in [0.1, 0.15) is 13.2 Å². The molecule has 9 heteroatoms. The predicted octanol–water partition coefficient (Wildman–Crippen LogP) is 3.98. The lowest BCUT2D eigenvalue weighted by Crippen LogP contribution is -2.32. The van der Waals surface area contributed by atoms with Crippen LogP contribution in [-0.2, 0) is 11.3 Å². The van der Waals surface area contributed by atoms with Crippen molar-refractivity contribution in [1.29, 1.82) is 0 Å². The number of pyridine rings is 1. The number of hydrogen-bond donors (Lipinski definition) is 0. The summed E-state index contributed by atoms with van der Waals surface area (Å²) in [5, 5.41) is 9.56. The van der Waals surface area contributed by atoms with E-state index >= 15 is 0 Å². The molecule has 2 aliphatic heterocycles. The number of benzene rings is 1. The third-order valence-electron chi connectivity index (χ3n) is 5.95. The molecule has 4 heterocycles. The highest BCUT2D eigenvalue weighted by atomic mass is 32.2. The van der Waals surface area contributed by atoms with E-state index < -0.39 is 0 Å². The fourth-order valence-electron chi connectivity index (χ4n) is 4.42. The van der Waals surface area contributed by atoms with Crippen LogP contribution in [0.15, 0.2) is 47.9 Å². The number of likely N-dealkylation sites (tertiary alicyclic amines) is 1. The second-order valence-electron chi connectivity index (χ2n) is 8.13.